The summed E-state index contributed by atoms with van der Waals surface area (Å²) in [5.74, 6) is 0.763. The van der Waals surface area contributed by atoms with Crippen molar-refractivity contribution >= 4 is 5.91 Å². The molecule has 0 bridgehead atoms. The van der Waals surface area contributed by atoms with Crippen molar-refractivity contribution in [3.8, 4) is 0 Å². The molecule has 1 amide bonds. The number of nitrogens with one attached hydrogen (secondary N) is 1. The van der Waals surface area contributed by atoms with E-state index < -0.39 is 19.4 Å². The number of allylic oxidation sites excluding steroid dienone is 4. The number of carbonyl (C=O) groups excluding carboxylic acids is 1. The van der Waals surface area contributed by atoms with Gasteiger partial charge < -0.3 is 24.8 Å². The zero-order valence-electron chi connectivity index (χ0n) is 11.7. The van der Waals surface area contributed by atoms with Gasteiger partial charge in [-0.1, -0.05) is 0 Å². The third-order valence-corrected chi connectivity index (χ3v) is 5.77. The average Bonchev–Trinajstić information content (AvgIpc) is 2.42. The van der Waals surface area contributed by atoms with E-state index in [4.69, 9.17) is 0 Å². The van der Waals surface area contributed by atoms with Gasteiger partial charge in [-0.3, -0.25) is 0 Å². The first-order chi connectivity index (χ1) is 7.49. The van der Waals surface area contributed by atoms with Crippen LogP contribution in [0.5, 0.6) is 0 Å². The molecule has 1 aliphatic rings. The number of carbonyl (C=O) groups is 1. The molecular weight excluding hydrogens is 305 g/mol. The van der Waals surface area contributed by atoms with E-state index in [0.717, 1.165) is 6.42 Å². The van der Waals surface area contributed by atoms with Crippen LogP contribution in [0, 0.1) is 5.92 Å². The van der Waals surface area contributed by atoms with Crippen LogP contribution in [0.15, 0.2) is 20.6 Å². The fourth-order valence-corrected chi connectivity index (χ4v) is 3.88. The van der Waals surface area contributed by atoms with Gasteiger partial charge in [0, 0.05) is 0 Å². The molecule has 1 rings (SSSR count). The van der Waals surface area contributed by atoms with Gasteiger partial charge in [-0.05, 0) is 0 Å². The van der Waals surface area contributed by atoms with E-state index in [2.05, 4.69) is 31.5 Å². The first-order valence-corrected chi connectivity index (χ1v) is 7.48. The van der Waals surface area contributed by atoms with Crippen LogP contribution in [-0.2, 0) is 24.2 Å². The number of hydrogen-bond acceptors (Lipinski definition) is 1. The zero-order chi connectivity index (χ0) is 12.3. The van der Waals surface area contributed by atoms with Gasteiger partial charge in [0.25, 0.3) is 0 Å². The van der Waals surface area contributed by atoms with Crippen LogP contribution in [0.1, 0.15) is 47.5 Å². The summed E-state index contributed by atoms with van der Waals surface area (Å²) in [5.41, 5.74) is 4.32. The average molecular weight is 326 g/mol. The molecule has 1 N–H and O–H groups in total. The fraction of sp³-hybridized carbons (Fsp3) is 0.615. The van der Waals surface area contributed by atoms with Crippen molar-refractivity contribution in [1.82, 2.24) is 3.80 Å². The van der Waals surface area contributed by atoms with Gasteiger partial charge in [0.05, 0.1) is 0 Å². The number of hydrogen-bond donors (Lipinski definition) is 1. The maximum absolute atomic E-state index is 11.5. The Hall–Kier alpha value is 0.244. The Morgan fingerprint density at radius 2 is 1.78 bits per heavy atom. The molecule has 0 aromatic carbocycles. The predicted octanol–water partition coefficient (Wildman–Crippen LogP) is -2.83. The summed E-state index contributed by atoms with van der Waals surface area (Å²) in [4.78, 5) is 11.5. The summed E-state index contributed by atoms with van der Waals surface area (Å²) in [7, 11) is 0. The number of rotatable bonds is 4. The van der Waals surface area contributed by atoms with Gasteiger partial charge in [-0.15, -0.1) is 0 Å². The quantitative estimate of drug-likeness (QED) is 0.555. The Bertz CT molecular complexity index is 364. The summed E-state index contributed by atoms with van der Waals surface area (Å²) in [6.45, 7) is 10.9. The van der Waals surface area contributed by atoms with E-state index in [9.17, 15) is 4.79 Å². The van der Waals surface area contributed by atoms with Crippen molar-refractivity contribution < 1.29 is 49.0 Å². The molecule has 1 atom stereocenters. The van der Waals surface area contributed by atoms with Gasteiger partial charge in [0.15, 0.2) is 0 Å². The molecule has 1 aliphatic carbocycles. The van der Waals surface area contributed by atoms with Gasteiger partial charge in [0.1, 0.15) is 0 Å². The molecule has 0 aromatic heterocycles. The summed E-state index contributed by atoms with van der Waals surface area (Å²) in [6, 6.07) is 0. The van der Waals surface area contributed by atoms with E-state index in [-0.39, 0.29) is 30.7 Å². The van der Waals surface area contributed by atoms with Gasteiger partial charge in [-0.2, -0.15) is 0 Å². The summed E-state index contributed by atoms with van der Waals surface area (Å²) < 4.78 is 4.63. The second kappa shape index (κ2) is 9.20. The monoisotopic (exact) mass is 325 g/mol. The van der Waals surface area contributed by atoms with E-state index >= 15 is 0 Å². The van der Waals surface area contributed by atoms with Gasteiger partial charge in [0.2, 0.25) is 0 Å². The maximum Gasteiger partial charge on any atom is -1.00 e. The zero-order valence-corrected chi connectivity index (χ0v) is 14.7. The maximum atomic E-state index is 11.5. The molecule has 5 heteroatoms. The number of amides is 1. The Labute approximate surface area is 132 Å². The topological polar surface area (TPSA) is 29.1 Å². The Balaban J connectivity index is 0. The van der Waals surface area contributed by atoms with Crippen LogP contribution in [0.2, 0.25) is 0 Å². The molecule has 0 saturated carbocycles. The third kappa shape index (κ3) is 4.73. The Morgan fingerprint density at radius 1 is 1.22 bits per heavy atom. The molecule has 1 unspecified atom stereocenters. The van der Waals surface area contributed by atoms with Crippen molar-refractivity contribution in [2.75, 3.05) is 0 Å². The molecule has 2 nitrogen and oxygen atoms in total. The summed E-state index contributed by atoms with van der Waals surface area (Å²) in [6.07, 6.45) is 1.59. The smallest absolute Gasteiger partial charge is 1.00 e. The van der Waals surface area contributed by atoms with Crippen LogP contribution < -0.4 is 28.6 Å². The molecule has 0 aromatic rings. The van der Waals surface area contributed by atoms with Crippen LogP contribution in [0.4, 0.5) is 0 Å². The number of halogens is 2. The molecule has 0 spiro atoms. The first-order valence-electron chi connectivity index (χ1n) is 5.92. The second-order valence-electron chi connectivity index (χ2n) is 4.49. The van der Waals surface area contributed by atoms with E-state index in [1.807, 2.05) is 6.92 Å². The van der Waals surface area contributed by atoms with E-state index in [1.54, 1.807) is 0 Å². The van der Waals surface area contributed by atoms with Crippen molar-refractivity contribution in [3.63, 3.8) is 0 Å². The normalized spacial score (nSPS) is 17.9. The summed E-state index contributed by atoms with van der Waals surface area (Å²) in [5, 5.41) is 0. The minimum atomic E-state index is -0.469. The van der Waals surface area contributed by atoms with Crippen LogP contribution in [-0.4, -0.2) is 5.91 Å². The third-order valence-electron chi connectivity index (χ3n) is 3.45. The van der Waals surface area contributed by atoms with Crippen molar-refractivity contribution in [3.05, 3.63) is 20.6 Å². The van der Waals surface area contributed by atoms with Crippen LogP contribution in [0.3, 0.4) is 0 Å². The largest absolute Gasteiger partial charge is 1.00 e. The minimum Gasteiger partial charge on any atom is -1.00 e. The molecule has 0 heterocycles. The Morgan fingerprint density at radius 3 is 2.17 bits per heavy atom. The minimum absolute atomic E-state index is 0. The molecule has 0 radical (unpaired) electrons. The second-order valence-corrected chi connectivity index (χ2v) is 6.11. The molecule has 0 aliphatic heterocycles. The first kappa shape index (κ1) is 20.6. The van der Waals surface area contributed by atoms with Gasteiger partial charge in [-0.25, -0.2) is 0 Å². The molecule has 0 saturated heterocycles. The van der Waals surface area contributed by atoms with Crippen LogP contribution >= 0.6 is 0 Å². The van der Waals surface area contributed by atoms with Gasteiger partial charge >= 0.3 is 108 Å². The molecule has 0 fully saturated rings. The molecule has 102 valence electrons. The summed E-state index contributed by atoms with van der Waals surface area (Å²) >= 11 is -0.469. The Kier molecular flexibility index (Phi) is 10.5. The molecule has 18 heavy (non-hydrogen) atoms. The van der Waals surface area contributed by atoms with Crippen molar-refractivity contribution in [2.24, 2.45) is 5.92 Å². The standard InChI is InChI=1S/C9H13.C4H9NO.2ClH.Ti/c1-6-5-7(2)9(4)8(6)3;1-2-3-4(5)6;;;/h6H,1-4H3;2-3H2,1H3,(H2,5,6);2*1H;/q;;;;+3/p-3. The molecular formula is C13H21Cl2NOTi. The SMILES string of the molecule is CCCC(=O)[NH][Ti+2][C]1=C(C)C(C)=C(C)C1C.[Cl-].[Cl-]. The van der Waals surface area contributed by atoms with Crippen molar-refractivity contribution in [2.45, 2.75) is 47.5 Å². The van der Waals surface area contributed by atoms with E-state index in [0.29, 0.717) is 12.3 Å². The fourth-order valence-electron chi connectivity index (χ4n) is 1.99. The van der Waals surface area contributed by atoms with Crippen molar-refractivity contribution in [1.29, 1.82) is 0 Å². The van der Waals surface area contributed by atoms with E-state index in [1.165, 1.54) is 20.6 Å². The predicted molar refractivity (Wildman–Crippen MR) is 63.3 cm³/mol. The van der Waals surface area contributed by atoms with Crippen LogP contribution in [0.25, 0.3) is 0 Å².